The van der Waals surface area contributed by atoms with Crippen molar-refractivity contribution in [2.24, 2.45) is 0 Å². The summed E-state index contributed by atoms with van der Waals surface area (Å²) in [5, 5.41) is 8.61. The van der Waals surface area contributed by atoms with Gasteiger partial charge in [-0.05, 0) is 37.0 Å². The highest BCUT2D eigenvalue weighted by Gasteiger charge is 2.41. The van der Waals surface area contributed by atoms with Crippen LogP contribution in [-0.4, -0.2) is 23.5 Å². The monoisotopic (exact) mass is 330 g/mol. The molecular weight excluding hydrogens is 316 g/mol. The Hall–Kier alpha value is -0.740. The van der Waals surface area contributed by atoms with Crippen LogP contribution in [0.15, 0.2) is 24.3 Å². The normalized spacial score (nSPS) is 26.3. The van der Waals surface area contributed by atoms with Crippen LogP contribution in [0.25, 0.3) is 0 Å². The van der Waals surface area contributed by atoms with E-state index in [-0.39, 0.29) is 23.1 Å². The fourth-order valence-electron chi connectivity index (χ4n) is 2.76. The van der Waals surface area contributed by atoms with Gasteiger partial charge < -0.3 is 9.64 Å². The van der Waals surface area contributed by atoms with Crippen molar-refractivity contribution in [2.75, 3.05) is 6.54 Å². The van der Waals surface area contributed by atoms with E-state index in [1.54, 1.807) is 0 Å². The molecule has 2 saturated heterocycles. The van der Waals surface area contributed by atoms with E-state index in [4.69, 9.17) is 21.7 Å². The SMILES string of the molecule is Br.N=C1O[C@H](c2cccc(Cl)c2)[C@H]2CCCCN12. The lowest BCUT2D eigenvalue weighted by atomic mass is 9.94. The summed E-state index contributed by atoms with van der Waals surface area (Å²) < 4.78 is 5.70. The van der Waals surface area contributed by atoms with Gasteiger partial charge in [-0.15, -0.1) is 17.0 Å². The van der Waals surface area contributed by atoms with Gasteiger partial charge in [-0.1, -0.05) is 23.7 Å². The van der Waals surface area contributed by atoms with Crippen molar-refractivity contribution in [3.05, 3.63) is 34.9 Å². The lowest BCUT2D eigenvalue weighted by Crippen LogP contribution is -2.38. The van der Waals surface area contributed by atoms with E-state index in [1.807, 2.05) is 24.3 Å². The minimum Gasteiger partial charge on any atom is -0.455 e. The number of fused-ring (bicyclic) bond motifs is 1. The van der Waals surface area contributed by atoms with Gasteiger partial charge in [-0.2, -0.15) is 0 Å². The van der Waals surface area contributed by atoms with Crippen LogP contribution in [0.3, 0.4) is 0 Å². The van der Waals surface area contributed by atoms with Gasteiger partial charge in [0, 0.05) is 11.6 Å². The third-order valence-corrected chi connectivity index (χ3v) is 3.81. The summed E-state index contributed by atoms with van der Waals surface area (Å²) in [7, 11) is 0. The first-order valence-corrected chi connectivity index (χ1v) is 6.41. The summed E-state index contributed by atoms with van der Waals surface area (Å²) in [5.41, 5.74) is 1.08. The van der Waals surface area contributed by atoms with Crippen LogP contribution in [0.5, 0.6) is 0 Å². The molecule has 18 heavy (non-hydrogen) atoms. The second-order valence-corrected chi connectivity index (χ2v) is 5.09. The first-order chi connectivity index (χ1) is 8.25. The maximum atomic E-state index is 7.88. The van der Waals surface area contributed by atoms with Crippen molar-refractivity contribution in [1.29, 1.82) is 5.41 Å². The molecule has 0 aromatic heterocycles. The van der Waals surface area contributed by atoms with Crippen molar-refractivity contribution >= 4 is 34.6 Å². The average molecular weight is 332 g/mol. The Bertz CT molecular complexity index is 454. The molecule has 98 valence electrons. The number of halogens is 2. The Kier molecular flexibility index (Phi) is 4.17. The van der Waals surface area contributed by atoms with Gasteiger partial charge in [0.2, 0.25) is 0 Å². The molecule has 0 saturated carbocycles. The van der Waals surface area contributed by atoms with E-state index in [9.17, 15) is 0 Å². The van der Waals surface area contributed by atoms with E-state index < -0.39 is 0 Å². The molecule has 3 nitrogen and oxygen atoms in total. The number of rotatable bonds is 1. The second kappa shape index (κ2) is 5.49. The van der Waals surface area contributed by atoms with Crippen LogP contribution in [-0.2, 0) is 4.74 Å². The molecule has 0 bridgehead atoms. The Morgan fingerprint density at radius 1 is 1.33 bits per heavy atom. The summed E-state index contributed by atoms with van der Waals surface area (Å²) in [5.74, 6) is 0. The largest absolute Gasteiger partial charge is 0.455 e. The van der Waals surface area contributed by atoms with Crippen molar-refractivity contribution in [3.8, 4) is 0 Å². The number of piperidine rings is 1. The summed E-state index contributed by atoms with van der Waals surface area (Å²) in [6.07, 6.45) is 3.44. The highest BCUT2D eigenvalue weighted by Crippen LogP contribution is 2.37. The molecule has 2 aliphatic rings. The fourth-order valence-corrected chi connectivity index (χ4v) is 2.96. The predicted octanol–water partition coefficient (Wildman–Crippen LogP) is 3.78. The van der Waals surface area contributed by atoms with Gasteiger partial charge in [0.25, 0.3) is 6.02 Å². The maximum absolute atomic E-state index is 7.88. The molecule has 1 aromatic carbocycles. The van der Waals surface area contributed by atoms with Crippen molar-refractivity contribution in [2.45, 2.75) is 31.4 Å². The molecule has 0 aliphatic carbocycles. The molecule has 2 fully saturated rings. The van der Waals surface area contributed by atoms with Gasteiger partial charge in [-0.25, -0.2) is 0 Å². The van der Waals surface area contributed by atoms with Gasteiger partial charge in [0.1, 0.15) is 6.10 Å². The Morgan fingerprint density at radius 3 is 2.94 bits per heavy atom. The average Bonchev–Trinajstić information content (AvgIpc) is 2.68. The van der Waals surface area contributed by atoms with E-state index in [0.717, 1.165) is 30.0 Å². The number of nitrogens with zero attached hydrogens (tertiary/aromatic N) is 1. The Labute approximate surface area is 122 Å². The molecule has 2 heterocycles. The van der Waals surface area contributed by atoms with Gasteiger partial charge in [-0.3, -0.25) is 5.41 Å². The molecule has 1 N–H and O–H groups in total. The minimum absolute atomic E-state index is 0. The summed E-state index contributed by atoms with van der Waals surface area (Å²) in [6, 6.07) is 8.41. The van der Waals surface area contributed by atoms with E-state index in [2.05, 4.69) is 4.90 Å². The van der Waals surface area contributed by atoms with Crippen LogP contribution in [0.4, 0.5) is 0 Å². The third kappa shape index (κ3) is 2.36. The zero-order valence-electron chi connectivity index (χ0n) is 9.93. The number of nitrogens with one attached hydrogen (secondary N) is 1. The lowest BCUT2D eigenvalue weighted by Gasteiger charge is -2.29. The molecular formula is C13H16BrClN2O. The first-order valence-electron chi connectivity index (χ1n) is 6.03. The molecule has 0 amide bonds. The minimum atomic E-state index is -0.0264. The molecule has 2 atom stereocenters. The maximum Gasteiger partial charge on any atom is 0.285 e. The molecule has 1 aromatic rings. The van der Waals surface area contributed by atoms with Gasteiger partial charge in [0.15, 0.2) is 0 Å². The van der Waals surface area contributed by atoms with Crippen molar-refractivity contribution < 1.29 is 4.74 Å². The number of hydrogen-bond donors (Lipinski definition) is 1. The molecule has 0 radical (unpaired) electrons. The van der Waals surface area contributed by atoms with Gasteiger partial charge >= 0.3 is 0 Å². The van der Waals surface area contributed by atoms with Crippen molar-refractivity contribution in [1.82, 2.24) is 4.90 Å². The number of amidine groups is 1. The third-order valence-electron chi connectivity index (χ3n) is 3.58. The smallest absolute Gasteiger partial charge is 0.285 e. The number of benzene rings is 1. The molecule has 5 heteroatoms. The van der Waals surface area contributed by atoms with E-state index in [0.29, 0.717) is 12.1 Å². The van der Waals surface area contributed by atoms with Crippen LogP contribution in [0.2, 0.25) is 5.02 Å². The van der Waals surface area contributed by atoms with E-state index in [1.165, 1.54) is 6.42 Å². The Morgan fingerprint density at radius 2 is 2.17 bits per heavy atom. The summed E-state index contributed by atoms with van der Waals surface area (Å²) in [4.78, 5) is 2.08. The highest BCUT2D eigenvalue weighted by atomic mass is 79.9. The first kappa shape index (κ1) is 13.7. The fraction of sp³-hybridized carbons (Fsp3) is 0.462. The molecule has 0 unspecified atom stereocenters. The van der Waals surface area contributed by atoms with E-state index >= 15 is 0 Å². The van der Waals surface area contributed by atoms with Crippen LogP contribution >= 0.6 is 28.6 Å². The quantitative estimate of drug-likeness (QED) is 0.850. The molecule has 2 aliphatic heterocycles. The standard InChI is InChI=1S/C13H15ClN2O.BrH/c14-10-5-3-4-9(8-10)12-11-6-1-2-7-16(11)13(15)17-12;/h3-5,8,11-12,15H,1-2,6-7H2;1H/t11-,12-;/m1./s1. The van der Waals surface area contributed by atoms with Crippen LogP contribution < -0.4 is 0 Å². The summed E-state index contributed by atoms with van der Waals surface area (Å²) in [6.45, 7) is 0.945. The highest BCUT2D eigenvalue weighted by molar-refractivity contribution is 8.93. The lowest BCUT2D eigenvalue weighted by molar-refractivity contribution is 0.167. The number of hydrogen-bond acceptors (Lipinski definition) is 2. The Balaban J connectivity index is 0.00000120. The summed E-state index contributed by atoms with van der Waals surface area (Å²) >= 11 is 6.01. The van der Waals surface area contributed by atoms with Crippen LogP contribution in [0, 0.1) is 5.41 Å². The predicted molar refractivity (Wildman–Crippen MR) is 77.7 cm³/mol. The van der Waals surface area contributed by atoms with Crippen LogP contribution in [0.1, 0.15) is 30.9 Å². The van der Waals surface area contributed by atoms with Gasteiger partial charge in [0.05, 0.1) is 6.04 Å². The second-order valence-electron chi connectivity index (χ2n) is 4.66. The molecule has 3 rings (SSSR count). The zero-order chi connectivity index (χ0) is 11.8. The van der Waals surface area contributed by atoms with Crippen molar-refractivity contribution in [3.63, 3.8) is 0 Å². The number of ether oxygens (including phenoxy) is 1. The molecule has 0 spiro atoms. The zero-order valence-corrected chi connectivity index (χ0v) is 12.4. The topological polar surface area (TPSA) is 36.3 Å².